The Balaban J connectivity index is 2.52. The fraction of sp³-hybridized carbons (Fsp3) is 0. The second kappa shape index (κ2) is 2.58. The molecule has 0 aromatic carbocycles. The van der Waals surface area contributed by atoms with Crippen LogP contribution in [0, 0.1) is 0 Å². The van der Waals surface area contributed by atoms with Crippen molar-refractivity contribution in [2.75, 3.05) is 5.32 Å². The minimum atomic E-state index is 0.914. The van der Waals surface area contributed by atoms with Crippen molar-refractivity contribution in [3.05, 3.63) is 42.2 Å². The smallest absolute Gasteiger partial charge is 0.137 e. The molecule has 0 saturated heterocycles. The molecule has 0 unspecified atom stereocenters. The third kappa shape index (κ3) is 1.15. The van der Waals surface area contributed by atoms with Crippen molar-refractivity contribution in [1.82, 2.24) is 4.98 Å². The molecule has 0 saturated carbocycles. The van der Waals surface area contributed by atoms with Crippen molar-refractivity contribution >= 4 is 11.9 Å². The van der Waals surface area contributed by atoms with Crippen LogP contribution in [0.5, 0.6) is 0 Å². The molecule has 2 heteroatoms. The molecule has 2 nitrogen and oxygen atoms in total. The largest absolute Gasteiger partial charge is 0.346 e. The number of rotatable bonds is 0. The van der Waals surface area contributed by atoms with Gasteiger partial charge in [0.15, 0.2) is 0 Å². The maximum absolute atomic E-state index is 4.17. The summed E-state index contributed by atoms with van der Waals surface area (Å²) < 4.78 is 0. The van der Waals surface area contributed by atoms with Gasteiger partial charge < -0.3 is 5.32 Å². The van der Waals surface area contributed by atoms with E-state index in [1.807, 2.05) is 36.6 Å². The Labute approximate surface area is 65.3 Å². The van der Waals surface area contributed by atoms with Crippen LogP contribution in [0.3, 0.4) is 0 Å². The first kappa shape index (κ1) is 6.16. The number of fused-ring (bicyclic) bond motifs is 1. The van der Waals surface area contributed by atoms with Crippen LogP contribution in [-0.4, -0.2) is 4.98 Å². The monoisotopic (exact) mass is 144 g/mol. The van der Waals surface area contributed by atoms with Crippen LogP contribution in [0.4, 0.5) is 5.82 Å². The second-order valence-electron chi connectivity index (χ2n) is 2.30. The number of aromatic nitrogens is 1. The Morgan fingerprint density at radius 3 is 3.27 bits per heavy atom. The summed E-state index contributed by atoms with van der Waals surface area (Å²) in [6.45, 7) is 0. The molecule has 1 N–H and O–H groups in total. The maximum Gasteiger partial charge on any atom is 0.137 e. The lowest BCUT2D eigenvalue weighted by Crippen LogP contribution is -1.91. The molecule has 0 spiro atoms. The summed E-state index contributed by atoms with van der Waals surface area (Å²) in [4.78, 5) is 4.17. The predicted octanol–water partition coefficient (Wildman–Crippen LogP) is 2.03. The normalized spacial score (nSPS) is 13.5. The molecular formula is C9H8N2. The third-order valence-corrected chi connectivity index (χ3v) is 1.54. The molecule has 54 valence electrons. The zero-order valence-electron chi connectivity index (χ0n) is 5.99. The molecule has 2 rings (SSSR count). The van der Waals surface area contributed by atoms with Crippen molar-refractivity contribution in [1.29, 1.82) is 0 Å². The predicted molar refractivity (Wildman–Crippen MR) is 46.0 cm³/mol. The van der Waals surface area contributed by atoms with Gasteiger partial charge in [0.25, 0.3) is 0 Å². The van der Waals surface area contributed by atoms with E-state index in [0.717, 1.165) is 11.4 Å². The average molecular weight is 144 g/mol. The fourth-order valence-corrected chi connectivity index (χ4v) is 1.01. The van der Waals surface area contributed by atoms with Crippen molar-refractivity contribution in [3.63, 3.8) is 0 Å². The van der Waals surface area contributed by atoms with Crippen molar-refractivity contribution in [3.8, 4) is 0 Å². The van der Waals surface area contributed by atoms with Gasteiger partial charge in [-0.05, 0) is 18.2 Å². The number of hydrogen-bond acceptors (Lipinski definition) is 2. The van der Waals surface area contributed by atoms with E-state index < -0.39 is 0 Å². The van der Waals surface area contributed by atoms with Crippen molar-refractivity contribution in [2.24, 2.45) is 0 Å². The van der Waals surface area contributed by atoms with Gasteiger partial charge in [-0.15, -0.1) is 0 Å². The van der Waals surface area contributed by atoms with Gasteiger partial charge in [0.2, 0.25) is 0 Å². The number of nitrogens with one attached hydrogen (secondary N) is 1. The van der Waals surface area contributed by atoms with E-state index in [1.165, 1.54) is 0 Å². The minimum Gasteiger partial charge on any atom is -0.346 e. The lowest BCUT2D eigenvalue weighted by Gasteiger charge is -2.00. The van der Waals surface area contributed by atoms with Crippen molar-refractivity contribution < 1.29 is 0 Å². The van der Waals surface area contributed by atoms with Crippen molar-refractivity contribution in [2.45, 2.75) is 0 Å². The Bertz CT molecular complexity index is 313. The molecule has 0 amide bonds. The molecule has 1 aromatic rings. The van der Waals surface area contributed by atoms with E-state index >= 15 is 0 Å². The lowest BCUT2D eigenvalue weighted by atomic mass is 10.2. The number of nitrogens with zero attached hydrogens (tertiary/aromatic N) is 1. The highest BCUT2D eigenvalue weighted by Gasteiger charge is 1.97. The van der Waals surface area contributed by atoms with Gasteiger partial charge in [0, 0.05) is 18.0 Å². The van der Waals surface area contributed by atoms with E-state index in [-0.39, 0.29) is 0 Å². The summed E-state index contributed by atoms with van der Waals surface area (Å²) >= 11 is 0. The first-order valence-corrected chi connectivity index (χ1v) is 3.51. The highest BCUT2D eigenvalue weighted by atomic mass is 15.0. The number of pyridine rings is 1. The van der Waals surface area contributed by atoms with Gasteiger partial charge in [-0.3, -0.25) is 0 Å². The van der Waals surface area contributed by atoms with Crippen LogP contribution in [0.2, 0.25) is 0 Å². The number of hydrogen-bond donors (Lipinski definition) is 1. The van der Waals surface area contributed by atoms with Crippen LogP contribution in [0.15, 0.2) is 36.7 Å². The van der Waals surface area contributed by atoms with Gasteiger partial charge in [0.1, 0.15) is 5.82 Å². The van der Waals surface area contributed by atoms with Gasteiger partial charge in [0.05, 0.1) is 0 Å². The van der Waals surface area contributed by atoms with E-state index in [0.29, 0.717) is 0 Å². The summed E-state index contributed by atoms with van der Waals surface area (Å²) in [6, 6.07) is 3.95. The quantitative estimate of drug-likeness (QED) is 0.602. The molecule has 0 aliphatic carbocycles. The van der Waals surface area contributed by atoms with Crippen LogP contribution >= 0.6 is 0 Å². The maximum atomic E-state index is 4.17. The number of anilines is 1. The van der Waals surface area contributed by atoms with E-state index in [1.54, 1.807) is 6.20 Å². The summed E-state index contributed by atoms with van der Waals surface area (Å²) in [5.41, 5.74) is 1.12. The standard InChI is InChI=1S/C9H8N2/c1-2-6-10-9-8(4-1)5-3-7-11-9/h1-7H,(H,10,11). The Morgan fingerprint density at radius 2 is 2.27 bits per heavy atom. The summed E-state index contributed by atoms with van der Waals surface area (Å²) in [7, 11) is 0. The molecule has 0 radical (unpaired) electrons. The Kier molecular flexibility index (Phi) is 1.44. The zero-order chi connectivity index (χ0) is 7.52. The summed E-state index contributed by atoms with van der Waals surface area (Å²) in [6.07, 6.45) is 9.61. The molecule has 11 heavy (non-hydrogen) atoms. The van der Waals surface area contributed by atoms with Gasteiger partial charge in [-0.2, -0.15) is 0 Å². The average Bonchev–Trinajstić information content (AvgIpc) is 2.28. The molecule has 1 aromatic heterocycles. The highest BCUT2D eigenvalue weighted by Crippen LogP contribution is 2.14. The topological polar surface area (TPSA) is 24.9 Å². The van der Waals surface area contributed by atoms with E-state index in [9.17, 15) is 0 Å². The molecule has 2 heterocycles. The number of allylic oxidation sites excluding steroid dienone is 2. The van der Waals surface area contributed by atoms with Gasteiger partial charge in [-0.1, -0.05) is 12.2 Å². The molecule has 1 aliphatic heterocycles. The highest BCUT2D eigenvalue weighted by molar-refractivity contribution is 5.66. The van der Waals surface area contributed by atoms with Gasteiger partial charge in [-0.25, -0.2) is 4.98 Å². The summed E-state index contributed by atoms with van der Waals surface area (Å²) in [5, 5.41) is 3.07. The van der Waals surface area contributed by atoms with Crippen LogP contribution in [0.25, 0.3) is 6.08 Å². The fourth-order valence-electron chi connectivity index (χ4n) is 1.01. The Hall–Kier alpha value is -1.57. The zero-order valence-corrected chi connectivity index (χ0v) is 5.99. The van der Waals surface area contributed by atoms with Crippen LogP contribution in [-0.2, 0) is 0 Å². The van der Waals surface area contributed by atoms with E-state index in [4.69, 9.17) is 0 Å². The Morgan fingerprint density at radius 1 is 1.27 bits per heavy atom. The summed E-state index contributed by atoms with van der Waals surface area (Å²) in [5.74, 6) is 0.914. The molecule has 1 aliphatic rings. The molecule has 0 fully saturated rings. The molecule has 0 bridgehead atoms. The van der Waals surface area contributed by atoms with Crippen LogP contribution < -0.4 is 5.32 Å². The van der Waals surface area contributed by atoms with Gasteiger partial charge >= 0.3 is 0 Å². The van der Waals surface area contributed by atoms with E-state index in [2.05, 4.69) is 10.3 Å². The molecular weight excluding hydrogens is 136 g/mol. The van der Waals surface area contributed by atoms with Crippen LogP contribution in [0.1, 0.15) is 5.56 Å². The third-order valence-electron chi connectivity index (χ3n) is 1.54. The first-order chi connectivity index (χ1) is 5.47. The molecule has 0 atom stereocenters. The minimum absolute atomic E-state index is 0.914. The second-order valence-corrected chi connectivity index (χ2v) is 2.30. The lowest BCUT2D eigenvalue weighted by molar-refractivity contribution is 1.30. The SMILES string of the molecule is C1=CNc2ncccc2C=C1. The first-order valence-electron chi connectivity index (χ1n) is 3.51.